The van der Waals surface area contributed by atoms with Crippen molar-refractivity contribution in [2.24, 2.45) is 0 Å². The Kier molecular flexibility index (Phi) is 3.87. The van der Waals surface area contributed by atoms with Gasteiger partial charge >= 0.3 is 0 Å². The van der Waals surface area contributed by atoms with Gasteiger partial charge in [-0.1, -0.05) is 23.4 Å². The number of nitrogens with two attached hydrogens (primary N) is 1. The van der Waals surface area contributed by atoms with E-state index in [1.807, 2.05) is 42.5 Å². The Morgan fingerprint density at radius 2 is 1.85 bits per heavy atom. The summed E-state index contributed by atoms with van der Waals surface area (Å²) in [4.78, 5) is 6.67. The van der Waals surface area contributed by atoms with Crippen molar-refractivity contribution in [3.05, 3.63) is 58.2 Å². The van der Waals surface area contributed by atoms with Crippen molar-refractivity contribution in [3.8, 4) is 0 Å². The molecule has 0 aliphatic carbocycles. The van der Waals surface area contributed by atoms with E-state index in [0.717, 1.165) is 35.9 Å². The van der Waals surface area contributed by atoms with Gasteiger partial charge in [0.2, 0.25) is 0 Å². The molecule has 0 spiro atoms. The van der Waals surface area contributed by atoms with E-state index >= 15 is 0 Å². The topological polar surface area (TPSA) is 38.9 Å². The third kappa shape index (κ3) is 2.77. The first-order chi connectivity index (χ1) is 9.63. The largest absolute Gasteiger partial charge is 0.398 e. The summed E-state index contributed by atoms with van der Waals surface area (Å²) in [5.74, 6) is 0. The molecule has 0 amide bonds. The van der Waals surface area contributed by atoms with Gasteiger partial charge in [0.1, 0.15) is 0 Å². The number of pyridine rings is 1. The Morgan fingerprint density at radius 1 is 1.10 bits per heavy atom. The zero-order valence-corrected chi connectivity index (χ0v) is 13.5. The minimum Gasteiger partial charge on any atom is -0.398 e. The average molecular weight is 366 g/mol. The number of fused-ring (bicyclic) bond motifs is 1. The smallest absolute Gasteiger partial charge is 0.0862 e. The maximum Gasteiger partial charge on any atom is 0.0862 e. The highest BCUT2D eigenvalue weighted by molar-refractivity contribution is 9.10. The van der Waals surface area contributed by atoms with Crippen molar-refractivity contribution in [2.45, 2.75) is 9.79 Å². The molecule has 0 bridgehead atoms. The molecule has 0 radical (unpaired) electrons. The van der Waals surface area contributed by atoms with Gasteiger partial charge in [0, 0.05) is 36.6 Å². The molecule has 20 heavy (non-hydrogen) atoms. The predicted molar refractivity (Wildman–Crippen MR) is 89.4 cm³/mol. The molecular formula is C15H10BrClN2S. The number of nitrogen functional groups attached to an aromatic ring is 1. The summed E-state index contributed by atoms with van der Waals surface area (Å²) in [5, 5.41) is 1.69. The van der Waals surface area contributed by atoms with Crippen LogP contribution < -0.4 is 5.73 Å². The number of halogens is 2. The molecule has 2 nitrogen and oxygen atoms in total. The molecule has 0 saturated heterocycles. The second-order valence-corrected chi connectivity index (χ2v) is 6.73. The van der Waals surface area contributed by atoms with Gasteiger partial charge in [0.25, 0.3) is 0 Å². The zero-order chi connectivity index (χ0) is 14.1. The quantitative estimate of drug-likeness (QED) is 0.619. The molecule has 0 saturated carbocycles. The van der Waals surface area contributed by atoms with E-state index in [0.29, 0.717) is 0 Å². The molecule has 5 heteroatoms. The molecular weight excluding hydrogens is 356 g/mol. The first-order valence-corrected chi connectivity index (χ1v) is 7.89. The molecule has 2 N–H and O–H groups in total. The molecule has 0 atom stereocenters. The SMILES string of the molecule is Nc1ccc(Sc2ccc(Cl)cc2)c2ncc(Br)cc12. The van der Waals surface area contributed by atoms with Crippen molar-refractivity contribution in [1.29, 1.82) is 0 Å². The lowest BCUT2D eigenvalue weighted by atomic mass is 10.2. The molecule has 0 aliphatic rings. The van der Waals surface area contributed by atoms with Crippen LogP contribution in [0, 0.1) is 0 Å². The zero-order valence-electron chi connectivity index (χ0n) is 10.3. The minimum absolute atomic E-state index is 0.731. The number of hydrogen-bond acceptors (Lipinski definition) is 3. The summed E-state index contributed by atoms with van der Waals surface area (Å²) in [7, 11) is 0. The summed E-state index contributed by atoms with van der Waals surface area (Å²) < 4.78 is 0.922. The number of benzene rings is 2. The van der Waals surface area contributed by atoms with Gasteiger partial charge in [0.05, 0.1) is 5.52 Å². The minimum atomic E-state index is 0.731. The van der Waals surface area contributed by atoms with Crippen LogP contribution in [0.5, 0.6) is 0 Å². The van der Waals surface area contributed by atoms with E-state index < -0.39 is 0 Å². The van der Waals surface area contributed by atoms with Crippen LogP contribution in [0.3, 0.4) is 0 Å². The molecule has 2 aromatic carbocycles. The third-order valence-electron chi connectivity index (χ3n) is 2.85. The monoisotopic (exact) mass is 364 g/mol. The number of hydrogen-bond donors (Lipinski definition) is 1. The average Bonchev–Trinajstić information content (AvgIpc) is 2.44. The molecule has 3 aromatic rings. The fourth-order valence-electron chi connectivity index (χ4n) is 1.90. The van der Waals surface area contributed by atoms with Gasteiger partial charge in [-0.15, -0.1) is 0 Å². The normalized spacial score (nSPS) is 10.9. The second kappa shape index (κ2) is 5.64. The Hall–Kier alpha value is -1.23. The van der Waals surface area contributed by atoms with Gasteiger partial charge in [-0.05, 0) is 58.4 Å². The fraction of sp³-hybridized carbons (Fsp3) is 0. The van der Waals surface area contributed by atoms with E-state index in [9.17, 15) is 0 Å². The van der Waals surface area contributed by atoms with Gasteiger partial charge < -0.3 is 5.73 Å². The van der Waals surface area contributed by atoms with Crippen molar-refractivity contribution >= 4 is 55.9 Å². The molecule has 0 fully saturated rings. The lowest BCUT2D eigenvalue weighted by Gasteiger charge is -2.08. The van der Waals surface area contributed by atoms with Crippen molar-refractivity contribution < 1.29 is 0 Å². The summed E-state index contributed by atoms with van der Waals surface area (Å²) in [6, 6.07) is 13.7. The third-order valence-corrected chi connectivity index (χ3v) is 4.60. The van der Waals surface area contributed by atoms with Gasteiger partial charge in [-0.25, -0.2) is 0 Å². The molecule has 0 unspecified atom stereocenters. The van der Waals surface area contributed by atoms with Crippen LogP contribution in [0.1, 0.15) is 0 Å². The predicted octanol–water partition coefficient (Wildman–Crippen LogP) is 5.38. The fourth-order valence-corrected chi connectivity index (χ4v) is 3.28. The molecule has 100 valence electrons. The highest BCUT2D eigenvalue weighted by Crippen LogP contribution is 2.35. The maximum absolute atomic E-state index is 6.02. The van der Waals surface area contributed by atoms with Crippen LogP contribution in [-0.4, -0.2) is 4.98 Å². The number of nitrogens with zero attached hydrogens (tertiary/aromatic N) is 1. The number of anilines is 1. The van der Waals surface area contributed by atoms with E-state index in [1.54, 1.807) is 18.0 Å². The number of aromatic nitrogens is 1. The van der Waals surface area contributed by atoms with Gasteiger partial charge in [-0.3, -0.25) is 4.98 Å². The lowest BCUT2D eigenvalue weighted by molar-refractivity contribution is 1.33. The summed E-state index contributed by atoms with van der Waals surface area (Å²) in [6.07, 6.45) is 1.79. The Labute approximate surface area is 134 Å². The van der Waals surface area contributed by atoms with E-state index in [4.69, 9.17) is 17.3 Å². The van der Waals surface area contributed by atoms with Gasteiger partial charge in [-0.2, -0.15) is 0 Å². The van der Waals surface area contributed by atoms with Gasteiger partial charge in [0.15, 0.2) is 0 Å². The van der Waals surface area contributed by atoms with E-state index in [2.05, 4.69) is 20.9 Å². The van der Waals surface area contributed by atoms with Crippen LogP contribution >= 0.6 is 39.3 Å². The van der Waals surface area contributed by atoms with Crippen LogP contribution in [0.2, 0.25) is 5.02 Å². The van der Waals surface area contributed by atoms with Crippen molar-refractivity contribution in [1.82, 2.24) is 4.98 Å². The molecule has 3 rings (SSSR count). The summed E-state index contributed by atoms with van der Waals surface area (Å²) in [5.41, 5.74) is 7.66. The number of rotatable bonds is 2. The Morgan fingerprint density at radius 3 is 2.60 bits per heavy atom. The first kappa shape index (κ1) is 13.7. The molecule has 1 heterocycles. The lowest BCUT2D eigenvalue weighted by Crippen LogP contribution is -1.90. The Balaban J connectivity index is 2.08. The maximum atomic E-state index is 6.02. The van der Waals surface area contributed by atoms with Crippen LogP contribution in [0.25, 0.3) is 10.9 Å². The first-order valence-electron chi connectivity index (χ1n) is 5.90. The molecule has 0 aliphatic heterocycles. The van der Waals surface area contributed by atoms with Crippen LogP contribution in [0.4, 0.5) is 5.69 Å². The standard InChI is InChI=1S/C15H10BrClN2S/c16-9-7-12-13(18)5-6-14(15(12)19-8-9)20-11-3-1-10(17)2-4-11/h1-8H,18H2. The Bertz CT molecular complexity index is 775. The second-order valence-electron chi connectivity index (χ2n) is 4.26. The summed E-state index contributed by atoms with van der Waals surface area (Å²) in [6.45, 7) is 0. The van der Waals surface area contributed by atoms with E-state index in [1.165, 1.54) is 0 Å². The summed E-state index contributed by atoms with van der Waals surface area (Å²) >= 11 is 11.0. The van der Waals surface area contributed by atoms with Crippen LogP contribution in [-0.2, 0) is 0 Å². The van der Waals surface area contributed by atoms with E-state index in [-0.39, 0.29) is 0 Å². The van der Waals surface area contributed by atoms with Crippen LogP contribution in [0.15, 0.2) is 62.9 Å². The molecule has 1 aromatic heterocycles. The highest BCUT2D eigenvalue weighted by atomic mass is 79.9. The van der Waals surface area contributed by atoms with Crippen molar-refractivity contribution in [3.63, 3.8) is 0 Å². The van der Waals surface area contributed by atoms with Crippen molar-refractivity contribution in [2.75, 3.05) is 5.73 Å². The highest BCUT2D eigenvalue weighted by Gasteiger charge is 2.08.